The van der Waals surface area contributed by atoms with Gasteiger partial charge in [0.25, 0.3) is 0 Å². The summed E-state index contributed by atoms with van der Waals surface area (Å²) in [4.78, 5) is 18.6. The van der Waals surface area contributed by atoms with Gasteiger partial charge in [-0.1, -0.05) is 17.7 Å². The Balaban J connectivity index is 1.34. The van der Waals surface area contributed by atoms with E-state index >= 15 is 0 Å². The maximum atomic E-state index is 6.16. The highest BCUT2D eigenvalue weighted by Gasteiger charge is 2.20. The van der Waals surface area contributed by atoms with E-state index in [0.717, 1.165) is 55.0 Å². The summed E-state index contributed by atoms with van der Waals surface area (Å²) in [6.45, 7) is 5.94. The largest absolute Gasteiger partial charge is 0.455 e. The second-order valence-corrected chi connectivity index (χ2v) is 9.32. The minimum Gasteiger partial charge on any atom is -0.455 e. The first-order chi connectivity index (χ1) is 16.7. The molecule has 0 aliphatic carbocycles. The zero-order chi connectivity index (χ0) is 23.3. The quantitative estimate of drug-likeness (QED) is 0.368. The van der Waals surface area contributed by atoms with Crippen LogP contribution < -0.4 is 15.2 Å². The molecule has 0 amide bonds. The molecule has 2 aliphatic heterocycles. The number of hydrogen-bond donors (Lipinski definition) is 1. The van der Waals surface area contributed by atoms with Crippen LogP contribution in [0, 0.1) is 6.92 Å². The number of anilines is 3. The number of furan rings is 1. The van der Waals surface area contributed by atoms with Gasteiger partial charge in [0.2, 0.25) is 17.8 Å². The molecule has 34 heavy (non-hydrogen) atoms. The van der Waals surface area contributed by atoms with E-state index < -0.39 is 0 Å². The summed E-state index contributed by atoms with van der Waals surface area (Å²) >= 11 is 6.16. The Hall–Kier alpha value is -3.13. The van der Waals surface area contributed by atoms with Gasteiger partial charge < -0.3 is 14.2 Å². The second-order valence-electron chi connectivity index (χ2n) is 8.89. The van der Waals surface area contributed by atoms with Crippen LogP contribution in [-0.2, 0) is 0 Å². The predicted octanol–water partition coefficient (Wildman–Crippen LogP) is 5.52. The molecule has 0 saturated carbocycles. The van der Waals surface area contributed by atoms with Crippen LogP contribution in [0.25, 0.3) is 11.3 Å². The van der Waals surface area contributed by atoms with Crippen molar-refractivity contribution in [2.75, 3.05) is 41.4 Å². The van der Waals surface area contributed by atoms with E-state index in [-0.39, 0.29) is 0 Å². The van der Waals surface area contributed by atoms with Gasteiger partial charge >= 0.3 is 0 Å². The van der Waals surface area contributed by atoms with E-state index in [1.807, 2.05) is 37.3 Å². The van der Waals surface area contributed by atoms with Crippen molar-refractivity contribution in [1.82, 2.24) is 15.0 Å². The van der Waals surface area contributed by atoms with Gasteiger partial charge in [0.1, 0.15) is 11.5 Å². The van der Waals surface area contributed by atoms with E-state index in [1.165, 1.54) is 38.5 Å². The van der Waals surface area contributed by atoms with Crippen molar-refractivity contribution < 1.29 is 4.42 Å². The molecule has 178 valence electrons. The first kappa shape index (κ1) is 22.7. The van der Waals surface area contributed by atoms with Crippen molar-refractivity contribution >= 4 is 35.7 Å². The van der Waals surface area contributed by atoms with Gasteiger partial charge in [-0.25, -0.2) is 5.43 Å². The molecule has 4 heterocycles. The van der Waals surface area contributed by atoms with Gasteiger partial charge in [-0.15, -0.1) is 0 Å². The number of benzene rings is 1. The molecule has 0 radical (unpaired) electrons. The number of piperidine rings is 2. The molecule has 5 rings (SSSR count). The van der Waals surface area contributed by atoms with Crippen LogP contribution in [0.15, 0.2) is 39.9 Å². The Labute approximate surface area is 205 Å². The van der Waals surface area contributed by atoms with E-state index in [4.69, 9.17) is 21.0 Å². The Bertz CT molecular complexity index is 1110. The van der Waals surface area contributed by atoms with Gasteiger partial charge in [-0.3, -0.25) is 0 Å². The molecule has 3 aromatic rings. The lowest BCUT2D eigenvalue weighted by Gasteiger charge is -2.30. The van der Waals surface area contributed by atoms with Crippen LogP contribution in [0.5, 0.6) is 0 Å². The Morgan fingerprint density at radius 1 is 0.882 bits per heavy atom. The number of aryl methyl sites for hydroxylation is 1. The third-order valence-electron chi connectivity index (χ3n) is 6.34. The number of nitrogens with zero attached hydrogens (tertiary/aromatic N) is 6. The molecule has 0 spiro atoms. The maximum Gasteiger partial charge on any atom is 0.250 e. The zero-order valence-electron chi connectivity index (χ0n) is 19.5. The van der Waals surface area contributed by atoms with Crippen molar-refractivity contribution in [2.45, 2.75) is 45.4 Å². The van der Waals surface area contributed by atoms with Gasteiger partial charge in [0, 0.05) is 36.8 Å². The molecule has 2 fully saturated rings. The van der Waals surface area contributed by atoms with Crippen LogP contribution >= 0.6 is 11.6 Å². The van der Waals surface area contributed by atoms with Crippen molar-refractivity contribution in [3.8, 4) is 11.3 Å². The normalized spacial score (nSPS) is 16.9. The number of nitrogens with one attached hydrogen (secondary N) is 1. The van der Waals surface area contributed by atoms with Crippen molar-refractivity contribution in [3.05, 3.63) is 46.7 Å². The third kappa shape index (κ3) is 5.33. The smallest absolute Gasteiger partial charge is 0.250 e. The summed E-state index contributed by atoms with van der Waals surface area (Å²) in [6, 6.07) is 9.57. The molecule has 2 saturated heterocycles. The van der Waals surface area contributed by atoms with Gasteiger partial charge in [-0.05, 0) is 75.3 Å². The molecular formula is C25H30ClN7O. The van der Waals surface area contributed by atoms with Crippen molar-refractivity contribution in [1.29, 1.82) is 0 Å². The zero-order valence-corrected chi connectivity index (χ0v) is 20.3. The Morgan fingerprint density at radius 3 is 2.18 bits per heavy atom. The minimum absolute atomic E-state index is 0.449. The molecule has 2 aromatic heterocycles. The van der Waals surface area contributed by atoms with Gasteiger partial charge in [0.05, 0.1) is 6.21 Å². The molecule has 9 heteroatoms. The Morgan fingerprint density at radius 2 is 1.53 bits per heavy atom. The van der Waals surface area contributed by atoms with E-state index in [0.29, 0.717) is 16.7 Å². The highest BCUT2D eigenvalue weighted by atomic mass is 35.5. The highest BCUT2D eigenvalue weighted by Crippen LogP contribution is 2.28. The molecule has 0 atom stereocenters. The first-order valence-corrected chi connectivity index (χ1v) is 12.4. The summed E-state index contributed by atoms with van der Waals surface area (Å²) in [6.07, 6.45) is 8.81. The first-order valence-electron chi connectivity index (χ1n) is 12.1. The number of rotatable bonds is 6. The molecule has 0 bridgehead atoms. The lowest BCUT2D eigenvalue weighted by molar-refractivity contribution is 0.556. The maximum absolute atomic E-state index is 6.16. The van der Waals surface area contributed by atoms with Crippen LogP contribution in [0.1, 0.15) is 49.8 Å². The number of aromatic nitrogens is 3. The van der Waals surface area contributed by atoms with Crippen LogP contribution in [0.4, 0.5) is 17.8 Å². The van der Waals surface area contributed by atoms with Crippen molar-refractivity contribution in [3.63, 3.8) is 0 Å². The summed E-state index contributed by atoms with van der Waals surface area (Å²) < 4.78 is 5.96. The monoisotopic (exact) mass is 479 g/mol. The fourth-order valence-electron chi connectivity index (χ4n) is 4.45. The molecule has 8 nitrogen and oxygen atoms in total. The molecule has 1 aromatic carbocycles. The highest BCUT2D eigenvalue weighted by molar-refractivity contribution is 6.30. The van der Waals surface area contributed by atoms with Crippen LogP contribution in [-0.4, -0.2) is 47.3 Å². The number of halogens is 1. The molecule has 0 unspecified atom stereocenters. The van der Waals surface area contributed by atoms with Gasteiger partial charge in [-0.2, -0.15) is 20.1 Å². The Kier molecular flexibility index (Phi) is 6.94. The van der Waals surface area contributed by atoms with Crippen LogP contribution in [0.2, 0.25) is 5.02 Å². The SMILES string of the molecule is Cc1ccc(Cl)cc1-c1ccc(/C=N\Nc2nc(N3CCCCC3)nc(N3CCCCC3)n2)o1. The average Bonchev–Trinajstić information content (AvgIpc) is 3.35. The number of hydrazone groups is 1. The lowest BCUT2D eigenvalue weighted by atomic mass is 10.1. The van der Waals surface area contributed by atoms with Crippen LogP contribution in [0.3, 0.4) is 0 Å². The lowest BCUT2D eigenvalue weighted by Crippen LogP contribution is -2.34. The average molecular weight is 480 g/mol. The van der Waals surface area contributed by atoms with E-state index in [2.05, 4.69) is 30.3 Å². The minimum atomic E-state index is 0.449. The number of hydrogen-bond acceptors (Lipinski definition) is 8. The summed E-state index contributed by atoms with van der Waals surface area (Å²) in [5.41, 5.74) is 5.06. The summed E-state index contributed by atoms with van der Waals surface area (Å²) in [5.74, 6) is 3.28. The third-order valence-corrected chi connectivity index (χ3v) is 6.57. The van der Waals surface area contributed by atoms with Gasteiger partial charge in [0.15, 0.2) is 0 Å². The van der Waals surface area contributed by atoms with Crippen molar-refractivity contribution in [2.24, 2.45) is 5.10 Å². The summed E-state index contributed by atoms with van der Waals surface area (Å²) in [5, 5.41) is 5.03. The second kappa shape index (κ2) is 10.4. The predicted molar refractivity (Wildman–Crippen MR) is 137 cm³/mol. The topological polar surface area (TPSA) is 82.7 Å². The van der Waals surface area contributed by atoms with E-state index in [9.17, 15) is 0 Å². The summed E-state index contributed by atoms with van der Waals surface area (Å²) in [7, 11) is 0. The molecule has 2 aliphatic rings. The van der Waals surface area contributed by atoms with E-state index in [1.54, 1.807) is 6.21 Å². The standard InChI is InChI=1S/C25H30ClN7O/c1-18-8-9-19(26)16-21(18)22-11-10-20(34-22)17-27-31-23-28-24(32-12-4-2-5-13-32)30-25(29-23)33-14-6-3-7-15-33/h8-11,16-17H,2-7,12-15H2,1H3,(H,28,29,30,31)/b27-17-. The molecule has 1 N–H and O–H groups in total. The fourth-order valence-corrected chi connectivity index (χ4v) is 4.63. The molecular weight excluding hydrogens is 450 g/mol. The fraction of sp³-hybridized carbons (Fsp3) is 0.440.